The number of likely N-dealkylation sites (N-methyl/N-ethyl adjacent to an activating group) is 1. The predicted octanol–water partition coefficient (Wildman–Crippen LogP) is 0.650. The topological polar surface area (TPSA) is 84.7 Å². The highest BCUT2D eigenvalue weighted by atomic mass is 32.2. The number of nitrogens with zero attached hydrogens (tertiary/aromatic N) is 1. The van der Waals surface area contributed by atoms with Crippen LogP contribution in [0.2, 0.25) is 0 Å². The van der Waals surface area contributed by atoms with Crippen LogP contribution in [0.3, 0.4) is 0 Å². The number of methoxy groups -OCH3 is 1. The monoisotopic (exact) mass is 299 g/mol. The maximum atomic E-state index is 12.3. The third kappa shape index (κ3) is 3.23. The largest absolute Gasteiger partial charge is 0.495 e. The Bertz CT molecular complexity index is 574. The summed E-state index contributed by atoms with van der Waals surface area (Å²) in [6.07, 6.45) is 2.12. The van der Waals surface area contributed by atoms with Crippen LogP contribution in [-0.4, -0.2) is 46.6 Å². The van der Waals surface area contributed by atoms with Crippen molar-refractivity contribution < 1.29 is 13.2 Å². The standard InChI is InChI=1S/C13H21N3O3S/c1-16-7-3-4-11(16)9-15-20(17,18)13-6-5-10(14)8-12(13)19-2/h5-6,8,11,15H,3-4,7,9,14H2,1-2H3. The average molecular weight is 299 g/mol. The van der Waals surface area contributed by atoms with Crippen molar-refractivity contribution in [1.82, 2.24) is 9.62 Å². The Morgan fingerprint density at radius 3 is 2.85 bits per heavy atom. The first-order chi connectivity index (χ1) is 9.44. The van der Waals surface area contributed by atoms with Crippen LogP contribution in [0.4, 0.5) is 5.69 Å². The number of nitrogens with one attached hydrogen (secondary N) is 1. The zero-order valence-electron chi connectivity index (χ0n) is 11.8. The third-order valence-corrected chi connectivity index (χ3v) is 5.12. The van der Waals surface area contributed by atoms with Crippen molar-refractivity contribution in [2.75, 3.05) is 33.0 Å². The van der Waals surface area contributed by atoms with Gasteiger partial charge in [0.25, 0.3) is 0 Å². The van der Waals surface area contributed by atoms with Gasteiger partial charge in [-0.1, -0.05) is 0 Å². The van der Waals surface area contributed by atoms with E-state index >= 15 is 0 Å². The number of anilines is 1. The summed E-state index contributed by atoms with van der Waals surface area (Å²) in [4.78, 5) is 2.29. The lowest BCUT2D eigenvalue weighted by Gasteiger charge is -2.20. The maximum absolute atomic E-state index is 12.3. The van der Waals surface area contributed by atoms with Crippen molar-refractivity contribution in [2.45, 2.75) is 23.8 Å². The molecule has 0 radical (unpaired) electrons. The number of hydrogen-bond acceptors (Lipinski definition) is 5. The summed E-state index contributed by atoms with van der Waals surface area (Å²) in [5.74, 6) is 0.261. The first-order valence-electron chi connectivity index (χ1n) is 6.57. The lowest BCUT2D eigenvalue weighted by molar-refractivity contribution is 0.310. The smallest absolute Gasteiger partial charge is 0.244 e. The number of hydrogen-bond donors (Lipinski definition) is 2. The summed E-state index contributed by atoms with van der Waals surface area (Å²) in [7, 11) is -0.149. The van der Waals surface area contributed by atoms with Gasteiger partial charge >= 0.3 is 0 Å². The van der Waals surface area contributed by atoms with Crippen LogP contribution in [0, 0.1) is 0 Å². The zero-order valence-corrected chi connectivity index (χ0v) is 12.6. The second-order valence-electron chi connectivity index (χ2n) is 5.04. The van der Waals surface area contributed by atoms with Gasteiger partial charge < -0.3 is 15.4 Å². The van der Waals surface area contributed by atoms with Crippen LogP contribution in [0.1, 0.15) is 12.8 Å². The van der Waals surface area contributed by atoms with Gasteiger partial charge in [-0.3, -0.25) is 0 Å². The fourth-order valence-corrected chi connectivity index (χ4v) is 3.65. The lowest BCUT2D eigenvalue weighted by atomic mass is 10.2. The third-order valence-electron chi connectivity index (χ3n) is 3.66. The molecule has 1 aromatic carbocycles. The molecule has 1 saturated heterocycles. The Morgan fingerprint density at radius 2 is 2.25 bits per heavy atom. The number of nitrogens with two attached hydrogens (primary N) is 1. The van der Waals surface area contributed by atoms with Gasteiger partial charge in [-0.05, 0) is 38.6 Å². The minimum Gasteiger partial charge on any atom is -0.495 e. The van der Waals surface area contributed by atoms with E-state index in [0.29, 0.717) is 12.2 Å². The lowest BCUT2D eigenvalue weighted by Crippen LogP contribution is -2.38. The number of likely N-dealkylation sites (tertiary alicyclic amines) is 1. The molecule has 0 bridgehead atoms. The van der Waals surface area contributed by atoms with E-state index in [9.17, 15) is 8.42 Å². The molecule has 1 unspecified atom stereocenters. The van der Waals surface area contributed by atoms with Gasteiger partial charge in [0, 0.05) is 24.3 Å². The molecule has 1 fully saturated rings. The van der Waals surface area contributed by atoms with E-state index in [1.54, 1.807) is 6.07 Å². The summed E-state index contributed by atoms with van der Waals surface area (Å²) in [6.45, 7) is 1.42. The van der Waals surface area contributed by atoms with Gasteiger partial charge in [-0.15, -0.1) is 0 Å². The molecule has 0 spiro atoms. The van der Waals surface area contributed by atoms with E-state index in [-0.39, 0.29) is 16.7 Å². The molecule has 7 heteroatoms. The van der Waals surface area contributed by atoms with Gasteiger partial charge in [0.1, 0.15) is 10.6 Å². The van der Waals surface area contributed by atoms with Crippen molar-refractivity contribution in [2.24, 2.45) is 0 Å². The maximum Gasteiger partial charge on any atom is 0.244 e. The van der Waals surface area contributed by atoms with Crippen molar-refractivity contribution in [1.29, 1.82) is 0 Å². The normalized spacial score (nSPS) is 20.2. The van der Waals surface area contributed by atoms with E-state index in [4.69, 9.17) is 10.5 Å². The minimum absolute atomic E-state index is 0.120. The van der Waals surface area contributed by atoms with Crippen molar-refractivity contribution in [3.8, 4) is 5.75 Å². The van der Waals surface area contributed by atoms with Crippen molar-refractivity contribution in [3.63, 3.8) is 0 Å². The van der Waals surface area contributed by atoms with Crippen LogP contribution in [0.25, 0.3) is 0 Å². The number of sulfonamides is 1. The quantitative estimate of drug-likeness (QED) is 0.780. The van der Waals surface area contributed by atoms with Crippen LogP contribution < -0.4 is 15.2 Å². The van der Waals surface area contributed by atoms with Gasteiger partial charge in [0.15, 0.2) is 0 Å². The first-order valence-corrected chi connectivity index (χ1v) is 8.06. The van der Waals surface area contributed by atoms with Crippen LogP contribution >= 0.6 is 0 Å². The Morgan fingerprint density at radius 1 is 1.50 bits per heavy atom. The summed E-state index contributed by atoms with van der Waals surface area (Å²) < 4.78 is 32.4. The molecule has 1 aliphatic heterocycles. The van der Waals surface area contributed by atoms with Crippen molar-refractivity contribution in [3.05, 3.63) is 18.2 Å². The molecule has 0 aromatic heterocycles. The highest BCUT2D eigenvalue weighted by Crippen LogP contribution is 2.26. The molecule has 1 aliphatic rings. The summed E-state index contributed by atoms with van der Waals surface area (Å²) in [5, 5.41) is 0. The van der Waals surface area contributed by atoms with Gasteiger partial charge in [-0.25, -0.2) is 13.1 Å². The summed E-state index contributed by atoms with van der Waals surface area (Å²) in [6, 6.07) is 4.79. The highest BCUT2D eigenvalue weighted by Gasteiger charge is 2.25. The second kappa shape index (κ2) is 5.99. The first kappa shape index (κ1) is 15.1. The second-order valence-corrected chi connectivity index (χ2v) is 6.77. The predicted molar refractivity (Wildman–Crippen MR) is 78.2 cm³/mol. The molecule has 0 aliphatic carbocycles. The van der Waals surface area contributed by atoms with E-state index < -0.39 is 10.0 Å². The minimum atomic E-state index is -3.59. The molecule has 1 atom stereocenters. The molecule has 0 amide bonds. The Labute approximate surface area is 120 Å². The number of ether oxygens (including phenoxy) is 1. The fraction of sp³-hybridized carbons (Fsp3) is 0.538. The molecule has 6 nitrogen and oxygen atoms in total. The van der Waals surface area contributed by atoms with Crippen LogP contribution in [-0.2, 0) is 10.0 Å². The molecule has 0 saturated carbocycles. The van der Waals surface area contributed by atoms with E-state index in [1.807, 2.05) is 7.05 Å². The van der Waals surface area contributed by atoms with Gasteiger partial charge in [0.05, 0.1) is 7.11 Å². The summed E-state index contributed by atoms with van der Waals surface area (Å²) in [5.41, 5.74) is 6.10. The molecule has 1 aromatic rings. The van der Waals surface area contributed by atoms with Gasteiger partial charge in [-0.2, -0.15) is 0 Å². The number of rotatable bonds is 5. The van der Waals surface area contributed by atoms with Crippen LogP contribution in [0.15, 0.2) is 23.1 Å². The SMILES string of the molecule is COc1cc(N)ccc1S(=O)(=O)NCC1CCCN1C. The molecular weight excluding hydrogens is 278 g/mol. The number of benzene rings is 1. The molecule has 112 valence electrons. The van der Waals surface area contributed by atoms with Gasteiger partial charge in [0.2, 0.25) is 10.0 Å². The molecule has 3 N–H and O–H groups in total. The fourth-order valence-electron chi connectivity index (χ4n) is 2.43. The van der Waals surface area contributed by atoms with E-state index in [2.05, 4.69) is 9.62 Å². The van der Waals surface area contributed by atoms with Crippen molar-refractivity contribution >= 4 is 15.7 Å². The van der Waals surface area contributed by atoms with E-state index in [0.717, 1.165) is 19.4 Å². The van der Waals surface area contributed by atoms with E-state index in [1.165, 1.54) is 19.2 Å². The number of nitrogen functional groups attached to an aromatic ring is 1. The molecule has 20 heavy (non-hydrogen) atoms. The molecule has 2 rings (SSSR count). The Hall–Kier alpha value is -1.31. The summed E-state index contributed by atoms with van der Waals surface area (Å²) >= 11 is 0. The highest BCUT2D eigenvalue weighted by molar-refractivity contribution is 7.89. The zero-order chi connectivity index (χ0) is 14.8. The Balaban J connectivity index is 2.14. The molecule has 1 heterocycles. The molecular formula is C13H21N3O3S. The Kier molecular flexibility index (Phi) is 4.52. The average Bonchev–Trinajstić information content (AvgIpc) is 2.81. The van der Waals surface area contributed by atoms with Crippen LogP contribution in [0.5, 0.6) is 5.75 Å².